The first-order valence-corrected chi connectivity index (χ1v) is 5.10. The molecule has 1 amide bonds. The van der Waals surface area contributed by atoms with Gasteiger partial charge >= 0.3 is 0 Å². The Morgan fingerprint density at radius 2 is 2.00 bits per heavy atom. The number of hydrogen-bond donors (Lipinski definition) is 1. The molecule has 0 aromatic rings. The first-order chi connectivity index (χ1) is 4.95. The topological polar surface area (TPSA) is 63.2 Å². The summed E-state index contributed by atoms with van der Waals surface area (Å²) in [5.74, 6) is -0.450. The lowest BCUT2D eigenvalue weighted by atomic mass is 10.4. The number of hydrogen-bond acceptors (Lipinski definition) is 3. The quantitative estimate of drug-likeness (QED) is 0.638. The summed E-state index contributed by atoms with van der Waals surface area (Å²) < 4.78 is 22.1. The van der Waals surface area contributed by atoms with Crippen molar-refractivity contribution in [3.63, 3.8) is 0 Å². The molecule has 0 aromatic heterocycles. The van der Waals surface area contributed by atoms with Crippen LogP contribution < -0.4 is 5.32 Å². The summed E-state index contributed by atoms with van der Waals surface area (Å²) in [6.07, 6.45) is 0. The molecular weight excluding hydrogens is 166 g/mol. The molecule has 1 N–H and O–H groups in total. The van der Waals surface area contributed by atoms with Gasteiger partial charge in [-0.2, -0.15) is 0 Å². The van der Waals surface area contributed by atoms with E-state index >= 15 is 0 Å². The molecule has 4 nitrogen and oxygen atoms in total. The molecule has 0 aliphatic heterocycles. The van der Waals surface area contributed by atoms with Crippen LogP contribution in [0.15, 0.2) is 0 Å². The Hall–Kier alpha value is -0.580. The maximum absolute atomic E-state index is 11.0. The summed E-state index contributed by atoms with van der Waals surface area (Å²) in [7, 11) is -1.80. The minimum absolute atomic E-state index is 0.00157. The second-order valence-electron chi connectivity index (χ2n) is 2.21. The van der Waals surface area contributed by atoms with E-state index < -0.39 is 21.0 Å². The van der Waals surface area contributed by atoms with E-state index in [9.17, 15) is 13.2 Å². The molecule has 0 fully saturated rings. The Bertz CT molecular complexity index is 232. The predicted octanol–water partition coefficient (Wildman–Crippen LogP) is -0.444. The lowest BCUT2D eigenvalue weighted by Gasteiger charge is -2.08. The van der Waals surface area contributed by atoms with Crippen LogP contribution in [0.3, 0.4) is 0 Å². The van der Waals surface area contributed by atoms with Crippen LogP contribution in [0.25, 0.3) is 0 Å². The highest BCUT2D eigenvalue weighted by Gasteiger charge is 2.24. The molecule has 0 aliphatic carbocycles. The minimum atomic E-state index is -3.22. The van der Waals surface area contributed by atoms with Gasteiger partial charge in [0.1, 0.15) is 5.25 Å². The highest BCUT2D eigenvalue weighted by molar-refractivity contribution is 7.92. The average Bonchev–Trinajstić information content (AvgIpc) is 2.01. The van der Waals surface area contributed by atoms with Crippen LogP contribution in [-0.4, -0.2) is 32.4 Å². The Labute approximate surface area is 66.9 Å². The fraction of sp³-hybridized carbons (Fsp3) is 0.833. The van der Waals surface area contributed by atoms with E-state index in [-0.39, 0.29) is 5.75 Å². The zero-order valence-corrected chi connectivity index (χ0v) is 7.73. The first-order valence-electron chi connectivity index (χ1n) is 3.38. The van der Waals surface area contributed by atoms with Crippen LogP contribution >= 0.6 is 0 Å². The van der Waals surface area contributed by atoms with Gasteiger partial charge in [-0.3, -0.25) is 4.79 Å². The van der Waals surface area contributed by atoms with Crippen molar-refractivity contribution in [2.45, 2.75) is 19.1 Å². The van der Waals surface area contributed by atoms with Crippen molar-refractivity contribution < 1.29 is 13.2 Å². The van der Waals surface area contributed by atoms with E-state index in [0.717, 1.165) is 0 Å². The van der Waals surface area contributed by atoms with Gasteiger partial charge in [-0.1, -0.05) is 6.92 Å². The van der Waals surface area contributed by atoms with Crippen molar-refractivity contribution in [2.24, 2.45) is 0 Å². The van der Waals surface area contributed by atoms with Crippen molar-refractivity contribution in [3.8, 4) is 0 Å². The zero-order valence-electron chi connectivity index (χ0n) is 6.92. The third kappa shape index (κ3) is 2.49. The summed E-state index contributed by atoms with van der Waals surface area (Å²) in [6.45, 7) is 2.91. The molecule has 0 spiro atoms. The van der Waals surface area contributed by atoms with Crippen LogP contribution in [0, 0.1) is 0 Å². The first kappa shape index (κ1) is 10.4. The smallest absolute Gasteiger partial charge is 0.237 e. The fourth-order valence-corrected chi connectivity index (χ4v) is 1.56. The van der Waals surface area contributed by atoms with Gasteiger partial charge in [0.2, 0.25) is 5.91 Å². The summed E-state index contributed by atoms with van der Waals surface area (Å²) in [5.41, 5.74) is 0. The van der Waals surface area contributed by atoms with Crippen molar-refractivity contribution in [2.75, 3.05) is 12.8 Å². The van der Waals surface area contributed by atoms with E-state index in [0.29, 0.717) is 0 Å². The highest BCUT2D eigenvalue weighted by Crippen LogP contribution is 2.00. The van der Waals surface area contributed by atoms with Crippen LogP contribution in [-0.2, 0) is 14.6 Å². The third-order valence-electron chi connectivity index (χ3n) is 1.56. The van der Waals surface area contributed by atoms with Crippen molar-refractivity contribution in [3.05, 3.63) is 0 Å². The number of amides is 1. The molecule has 0 saturated carbocycles. The SMILES string of the molecule is CCS(=O)(=O)C(C)C(=O)NC. The molecule has 0 radical (unpaired) electrons. The summed E-state index contributed by atoms with van der Waals surface area (Å²) >= 11 is 0. The molecule has 5 heteroatoms. The van der Waals surface area contributed by atoms with Gasteiger partial charge in [0.25, 0.3) is 0 Å². The maximum Gasteiger partial charge on any atom is 0.237 e. The average molecular weight is 179 g/mol. The van der Waals surface area contributed by atoms with Crippen LogP contribution in [0.2, 0.25) is 0 Å². The number of sulfone groups is 1. The molecule has 66 valence electrons. The molecule has 1 atom stereocenters. The van der Waals surface area contributed by atoms with E-state index in [2.05, 4.69) is 5.32 Å². The van der Waals surface area contributed by atoms with Gasteiger partial charge in [-0.25, -0.2) is 8.42 Å². The lowest BCUT2D eigenvalue weighted by Crippen LogP contribution is -2.36. The Morgan fingerprint density at radius 1 is 1.55 bits per heavy atom. The van der Waals surface area contributed by atoms with E-state index in [1.807, 2.05) is 0 Å². The van der Waals surface area contributed by atoms with Crippen LogP contribution in [0.1, 0.15) is 13.8 Å². The van der Waals surface area contributed by atoms with Gasteiger partial charge in [-0.05, 0) is 6.92 Å². The molecule has 0 heterocycles. The number of carbonyl (C=O) groups excluding carboxylic acids is 1. The van der Waals surface area contributed by atoms with Gasteiger partial charge in [0.05, 0.1) is 0 Å². The highest BCUT2D eigenvalue weighted by atomic mass is 32.2. The van der Waals surface area contributed by atoms with Crippen molar-refractivity contribution in [1.29, 1.82) is 0 Å². The monoisotopic (exact) mass is 179 g/mol. The summed E-state index contributed by atoms with van der Waals surface area (Å²) in [4.78, 5) is 10.8. The second-order valence-corrected chi connectivity index (χ2v) is 4.82. The molecule has 1 unspecified atom stereocenters. The Balaban J connectivity index is 4.49. The minimum Gasteiger partial charge on any atom is -0.358 e. The normalized spacial score (nSPS) is 14.1. The molecule has 0 rings (SSSR count). The number of nitrogens with one attached hydrogen (secondary N) is 1. The third-order valence-corrected chi connectivity index (χ3v) is 3.65. The van der Waals surface area contributed by atoms with Crippen LogP contribution in [0.5, 0.6) is 0 Å². The summed E-state index contributed by atoms with van der Waals surface area (Å²) in [6, 6.07) is 0. The predicted molar refractivity (Wildman–Crippen MR) is 43.0 cm³/mol. The van der Waals surface area contributed by atoms with Crippen LogP contribution in [0.4, 0.5) is 0 Å². The molecule has 0 aromatic carbocycles. The largest absolute Gasteiger partial charge is 0.358 e. The Morgan fingerprint density at radius 3 is 2.27 bits per heavy atom. The van der Waals surface area contributed by atoms with Gasteiger partial charge < -0.3 is 5.32 Å². The van der Waals surface area contributed by atoms with Crippen molar-refractivity contribution in [1.82, 2.24) is 5.32 Å². The lowest BCUT2D eigenvalue weighted by molar-refractivity contribution is -0.119. The zero-order chi connectivity index (χ0) is 9.07. The van der Waals surface area contributed by atoms with E-state index in [1.54, 1.807) is 0 Å². The number of carbonyl (C=O) groups is 1. The fourth-order valence-electron chi connectivity index (χ4n) is 0.616. The summed E-state index contributed by atoms with van der Waals surface area (Å²) in [5, 5.41) is 1.35. The number of rotatable bonds is 3. The van der Waals surface area contributed by atoms with E-state index in [1.165, 1.54) is 20.9 Å². The van der Waals surface area contributed by atoms with E-state index in [4.69, 9.17) is 0 Å². The molecule has 0 saturated heterocycles. The maximum atomic E-state index is 11.0. The Kier molecular flexibility index (Phi) is 3.51. The van der Waals surface area contributed by atoms with Gasteiger partial charge in [0, 0.05) is 12.8 Å². The molecule has 0 bridgehead atoms. The second kappa shape index (κ2) is 3.71. The van der Waals surface area contributed by atoms with Gasteiger partial charge in [0.15, 0.2) is 9.84 Å². The van der Waals surface area contributed by atoms with Gasteiger partial charge in [-0.15, -0.1) is 0 Å². The molecular formula is C6H13NO3S. The molecule has 11 heavy (non-hydrogen) atoms. The standard InChI is InChI=1S/C6H13NO3S/c1-4-11(9,10)5(2)6(8)7-3/h5H,4H2,1-3H3,(H,7,8). The van der Waals surface area contributed by atoms with Crippen molar-refractivity contribution >= 4 is 15.7 Å². The molecule has 0 aliphatic rings.